The summed E-state index contributed by atoms with van der Waals surface area (Å²) in [5.41, 5.74) is 1.64. The highest BCUT2D eigenvalue weighted by Gasteiger charge is 2.19. The fourth-order valence-electron chi connectivity index (χ4n) is 2.82. The van der Waals surface area contributed by atoms with Crippen LogP contribution in [-0.4, -0.2) is 47.1 Å². The summed E-state index contributed by atoms with van der Waals surface area (Å²) in [5.74, 6) is 1.01. The van der Waals surface area contributed by atoms with Crippen LogP contribution in [0.3, 0.4) is 0 Å². The van der Waals surface area contributed by atoms with Gasteiger partial charge >= 0.3 is 0 Å². The average Bonchev–Trinajstić information content (AvgIpc) is 2.62. The van der Waals surface area contributed by atoms with Crippen molar-refractivity contribution in [2.75, 3.05) is 31.1 Å². The van der Waals surface area contributed by atoms with Crippen LogP contribution < -0.4 is 4.90 Å². The number of pyridine rings is 1. The minimum absolute atomic E-state index is 0.124. The lowest BCUT2D eigenvalue weighted by Crippen LogP contribution is -2.48. The Morgan fingerprint density at radius 2 is 1.74 bits per heavy atom. The largest absolute Gasteiger partial charge is 0.384 e. The van der Waals surface area contributed by atoms with Gasteiger partial charge in [0.05, 0.1) is 0 Å². The molecule has 3 rings (SSSR count). The van der Waals surface area contributed by atoms with Gasteiger partial charge in [0.1, 0.15) is 11.9 Å². The molecule has 1 fully saturated rings. The van der Waals surface area contributed by atoms with Crippen LogP contribution in [0.4, 0.5) is 5.82 Å². The van der Waals surface area contributed by atoms with Gasteiger partial charge in [0, 0.05) is 44.9 Å². The number of amides is 1. The van der Waals surface area contributed by atoms with Gasteiger partial charge in [0.2, 0.25) is 5.91 Å². The number of nitrogens with zero attached hydrogens (tertiary/aromatic N) is 3. The lowest BCUT2D eigenvalue weighted by molar-refractivity contribution is -0.129. The van der Waals surface area contributed by atoms with E-state index in [0.29, 0.717) is 0 Å². The van der Waals surface area contributed by atoms with Crippen molar-refractivity contribution >= 4 is 11.7 Å². The van der Waals surface area contributed by atoms with E-state index in [1.807, 2.05) is 47.4 Å². The molecule has 1 amide bonds. The molecular formula is C18H21N3O2. The first-order chi connectivity index (χ1) is 11.1. The summed E-state index contributed by atoms with van der Waals surface area (Å²) in [6.45, 7) is 4.63. The second-order valence-corrected chi connectivity index (χ2v) is 5.76. The number of benzene rings is 1. The van der Waals surface area contributed by atoms with E-state index in [0.717, 1.165) is 43.1 Å². The molecule has 5 heteroatoms. The number of rotatable bonds is 3. The van der Waals surface area contributed by atoms with Gasteiger partial charge in [-0.2, -0.15) is 0 Å². The van der Waals surface area contributed by atoms with Gasteiger partial charge in [-0.05, 0) is 11.6 Å². The van der Waals surface area contributed by atoms with Gasteiger partial charge in [0.25, 0.3) is 0 Å². The van der Waals surface area contributed by atoms with Crippen LogP contribution in [-0.2, 0) is 4.79 Å². The normalized spacial score (nSPS) is 16.3. The number of aliphatic hydroxyl groups is 1. The van der Waals surface area contributed by atoms with E-state index in [1.54, 1.807) is 13.1 Å². The third-order valence-corrected chi connectivity index (χ3v) is 4.25. The van der Waals surface area contributed by atoms with Crippen molar-refractivity contribution in [3.8, 4) is 0 Å². The van der Waals surface area contributed by atoms with Gasteiger partial charge < -0.3 is 14.9 Å². The fraction of sp³-hybridized carbons (Fsp3) is 0.333. The summed E-state index contributed by atoms with van der Waals surface area (Å²) < 4.78 is 0. The van der Waals surface area contributed by atoms with Crippen LogP contribution in [0, 0.1) is 0 Å². The van der Waals surface area contributed by atoms with Crippen molar-refractivity contribution in [3.05, 3.63) is 59.8 Å². The van der Waals surface area contributed by atoms with Gasteiger partial charge in [-0.15, -0.1) is 0 Å². The molecule has 0 bridgehead atoms. The first-order valence-electron chi connectivity index (χ1n) is 7.84. The lowest BCUT2D eigenvalue weighted by atomic mass is 10.0. The van der Waals surface area contributed by atoms with Gasteiger partial charge in [-0.1, -0.05) is 36.4 Å². The summed E-state index contributed by atoms with van der Waals surface area (Å²) in [6.07, 6.45) is 1.07. The van der Waals surface area contributed by atoms with Crippen molar-refractivity contribution in [3.63, 3.8) is 0 Å². The quantitative estimate of drug-likeness (QED) is 0.939. The predicted molar refractivity (Wildman–Crippen MR) is 89.2 cm³/mol. The number of carbonyl (C=O) groups is 1. The molecule has 2 aromatic rings. The monoisotopic (exact) mass is 311 g/mol. The maximum absolute atomic E-state index is 11.4. The Morgan fingerprint density at radius 3 is 2.30 bits per heavy atom. The summed E-state index contributed by atoms with van der Waals surface area (Å²) in [6, 6.07) is 13.4. The lowest BCUT2D eigenvalue weighted by Gasteiger charge is -2.35. The van der Waals surface area contributed by atoms with Crippen LogP contribution >= 0.6 is 0 Å². The first-order valence-corrected chi connectivity index (χ1v) is 7.84. The summed E-state index contributed by atoms with van der Waals surface area (Å²) >= 11 is 0. The first kappa shape index (κ1) is 15.5. The molecule has 1 aliphatic rings. The molecule has 0 radical (unpaired) electrons. The number of aromatic nitrogens is 1. The second kappa shape index (κ2) is 6.79. The van der Waals surface area contributed by atoms with E-state index < -0.39 is 6.10 Å². The average molecular weight is 311 g/mol. The standard InChI is InChI=1S/C18H21N3O2/c1-14(22)20-9-11-21(12-10-20)17-8-7-16(13-19-17)18(23)15-5-3-2-4-6-15/h2-8,13,18,23H,9-12H2,1H3/t18-/m0/s1. The van der Waals surface area contributed by atoms with Gasteiger partial charge in [-0.3, -0.25) is 4.79 Å². The molecule has 0 aliphatic carbocycles. The molecule has 120 valence electrons. The Bertz CT molecular complexity index is 650. The van der Waals surface area contributed by atoms with E-state index in [9.17, 15) is 9.90 Å². The molecule has 1 aliphatic heterocycles. The summed E-state index contributed by atoms with van der Waals surface area (Å²) in [5, 5.41) is 10.4. The minimum Gasteiger partial charge on any atom is -0.384 e. The number of piperazine rings is 1. The highest BCUT2D eigenvalue weighted by Crippen LogP contribution is 2.23. The van der Waals surface area contributed by atoms with E-state index in [1.165, 1.54) is 0 Å². The van der Waals surface area contributed by atoms with Gasteiger partial charge in [-0.25, -0.2) is 4.98 Å². The molecule has 23 heavy (non-hydrogen) atoms. The Balaban J connectivity index is 1.67. The highest BCUT2D eigenvalue weighted by atomic mass is 16.3. The van der Waals surface area contributed by atoms with E-state index in [4.69, 9.17) is 0 Å². The Hall–Kier alpha value is -2.40. The molecule has 0 saturated carbocycles. The maximum Gasteiger partial charge on any atom is 0.219 e. The Kier molecular flexibility index (Phi) is 4.57. The van der Waals surface area contributed by atoms with E-state index in [2.05, 4.69) is 9.88 Å². The number of hydrogen-bond acceptors (Lipinski definition) is 4. The number of aliphatic hydroxyl groups excluding tert-OH is 1. The van der Waals surface area contributed by atoms with Crippen molar-refractivity contribution in [1.82, 2.24) is 9.88 Å². The molecule has 5 nitrogen and oxygen atoms in total. The molecule has 1 atom stereocenters. The maximum atomic E-state index is 11.4. The Morgan fingerprint density at radius 1 is 1.04 bits per heavy atom. The third-order valence-electron chi connectivity index (χ3n) is 4.25. The molecule has 0 unspecified atom stereocenters. The van der Waals surface area contributed by atoms with Crippen LogP contribution in [0.2, 0.25) is 0 Å². The van der Waals surface area contributed by atoms with Crippen molar-refractivity contribution in [2.45, 2.75) is 13.0 Å². The van der Waals surface area contributed by atoms with Crippen molar-refractivity contribution in [2.24, 2.45) is 0 Å². The van der Waals surface area contributed by atoms with Crippen LogP contribution in [0.1, 0.15) is 24.2 Å². The van der Waals surface area contributed by atoms with Crippen LogP contribution in [0.15, 0.2) is 48.7 Å². The number of anilines is 1. The third kappa shape index (κ3) is 3.51. The van der Waals surface area contributed by atoms with Crippen molar-refractivity contribution < 1.29 is 9.90 Å². The Labute approximate surface area is 136 Å². The summed E-state index contributed by atoms with van der Waals surface area (Å²) in [7, 11) is 0. The molecule has 2 heterocycles. The second-order valence-electron chi connectivity index (χ2n) is 5.76. The fourth-order valence-corrected chi connectivity index (χ4v) is 2.82. The zero-order chi connectivity index (χ0) is 16.2. The molecule has 1 N–H and O–H groups in total. The topological polar surface area (TPSA) is 56.7 Å². The number of hydrogen-bond donors (Lipinski definition) is 1. The zero-order valence-corrected chi connectivity index (χ0v) is 13.2. The van der Waals surface area contributed by atoms with Crippen LogP contribution in [0.5, 0.6) is 0 Å². The molecule has 0 spiro atoms. The SMILES string of the molecule is CC(=O)N1CCN(c2ccc([C@@H](O)c3ccccc3)cn2)CC1. The minimum atomic E-state index is -0.660. The number of carbonyl (C=O) groups excluding carboxylic acids is 1. The molecule has 1 saturated heterocycles. The molecular weight excluding hydrogens is 290 g/mol. The molecule has 1 aromatic heterocycles. The van der Waals surface area contributed by atoms with E-state index >= 15 is 0 Å². The smallest absolute Gasteiger partial charge is 0.219 e. The highest BCUT2D eigenvalue weighted by molar-refractivity contribution is 5.73. The van der Waals surface area contributed by atoms with Crippen LogP contribution in [0.25, 0.3) is 0 Å². The summed E-state index contributed by atoms with van der Waals surface area (Å²) in [4.78, 5) is 19.9. The predicted octanol–water partition coefficient (Wildman–Crippen LogP) is 1.83. The van der Waals surface area contributed by atoms with Crippen molar-refractivity contribution in [1.29, 1.82) is 0 Å². The van der Waals surface area contributed by atoms with Gasteiger partial charge in [0.15, 0.2) is 0 Å². The molecule has 1 aromatic carbocycles. The van der Waals surface area contributed by atoms with E-state index in [-0.39, 0.29) is 5.91 Å². The zero-order valence-electron chi connectivity index (χ0n) is 13.2.